The molecule has 0 radical (unpaired) electrons. The molecule has 1 rings (SSSR count). The van der Waals surface area contributed by atoms with Crippen molar-refractivity contribution in [3.05, 3.63) is 32.7 Å². The summed E-state index contributed by atoms with van der Waals surface area (Å²) in [6.07, 6.45) is 1.16. The van der Waals surface area contributed by atoms with Crippen LogP contribution in [-0.4, -0.2) is 6.54 Å². The summed E-state index contributed by atoms with van der Waals surface area (Å²) in [5.41, 5.74) is 1.35. The van der Waals surface area contributed by atoms with Crippen LogP contribution < -0.4 is 5.32 Å². The standard InChI is InChI=1S/C13H19Br2N/c1-4-16-13(7-9(2)3)11-6-5-10(14)8-12(11)15/h5-6,8-9,13,16H,4,7H2,1-3H3. The zero-order valence-corrected chi connectivity index (χ0v) is 13.2. The maximum absolute atomic E-state index is 3.64. The van der Waals surface area contributed by atoms with Crippen LogP contribution in [0.2, 0.25) is 0 Å². The Balaban J connectivity index is 2.91. The van der Waals surface area contributed by atoms with E-state index in [9.17, 15) is 0 Å². The fraction of sp³-hybridized carbons (Fsp3) is 0.538. The highest BCUT2D eigenvalue weighted by atomic mass is 79.9. The van der Waals surface area contributed by atoms with E-state index in [4.69, 9.17) is 0 Å². The molecule has 0 fully saturated rings. The molecule has 0 aliphatic heterocycles. The minimum Gasteiger partial charge on any atom is -0.310 e. The quantitative estimate of drug-likeness (QED) is 0.797. The third kappa shape index (κ3) is 4.19. The van der Waals surface area contributed by atoms with Crippen molar-refractivity contribution < 1.29 is 0 Å². The summed E-state index contributed by atoms with van der Waals surface area (Å²) in [6.45, 7) is 7.67. The minimum absolute atomic E-state index is 0.437. The van der Waals surface area contributed by atoms with Crippen molar-refractivity contribution in [2.75, 3.05) is 6.54 Å². The topological polar surface area (TPSA) is 12.0 Å². The zero-order chi connectivity index (χ0) is 12.1. The first-order chi connectivity index (χ1) is 7.54. The molecule has 1 nitrogen and oxygen atoms in total. The molecule has 1 atom stereocenters. The summed E-state index contributed by atoms with van der Waals surface area (Å²) in [5.74, 6) is 0.694. The van der Waals surface area contributed by atoms with Crippen LogP contribution in [-0.2, 0) is 0 Å². The summed E-state index contributed by atoms with van der Waals surface area (Å²) >= 11 is 7.12. The number of hydrogen-bond acceptors (Lipinski definition) is 1. The molecule has 0 aromatic heterocycles. The van der Waals surface area contributed by atoms with E-state index in [2.05, 4.69) is 76.1 Å². The normalized spacial score (nSPS) is 13.1. The molecule has 0 saturated carbocycles. The Bertz CT molecular complexity index is 337. The van der Waals surface area contributed by atoms with Crippen molar-refractivity contribution in [3.8, 4) is 0 Å². The minimum atomic E-state index is 0.437. The van der Waals surface area contributed by atoms with Crippen molar-refractivity contribution in [1.29, 1.82) is 0 Å². The zero-order valence-electron chi connectivity index (χ0n) is 10.1. The first-order valence-electron chi connectivity index (χ1n) is 5.73. The average molecular weight is 349 g/mol. The van der Waals surface area contributed by atoms with Crippen LogP contribution in [0.5, 0.6) is 0 Å². The molecule has 3 heteroatoms. The SMILES string of the molecule is CCNC(CC(C)C)c1ccc(Br)cc1Br. The van der Waals surface area contributed by atoms with Gasteiger partial charge in [-0.05, 0) is 36.6 Å². The number of nitrogens with one attached hydrogen (secondary N) is 1. The van der Waals surface area contributed by atoms with E-state index in [1.54, 1.807) is 0 Å². The van der Waals surface area contributed by atoms with Crippen LogP contribution in [0.3, 0.4) is 0 Å². The van der Waals surface area contributed by atoms with Gasteiger partial charge < -0.3 is 5.32 Å². The van der Waals surface area contributed by atoms with Crippen molar-refractivity contribution >= 4 is 31.9 Å². The van der Waals surface area contributed by atoms with Crippen LogP contribution in [0.4, 0.5) is 0 Å². The Kier molecular flexibility index (Phi) is 6.01. The second-order valence-corrected chi connectivity index (χ2v) is 6.18. The molecular formula is C13H19Br2N. The second-order valence-electron chi connectivity index (χ2n) is 4.41. The van der Waals surface area contributed by atoms with E-state index in [1.165, 1.54) is 10.0 Å². The molecule has 16 heavy (non-hydrogen) atoms. The van der Waals surface area contributed by atoms with Crippen molar-refractivity contribution in [2.45, 2.75) is 33.2 Å². The van der Waals surface area contributed by atoms with Crippen LogP contribution in [0, 0.1) is 5.92 Å². The molecule has 1 N–H and O–H groups in total. The highest BCUT2D eigenvalue weighted by Crippen LogP contribution is 2.30. The van der Waals surface area contributed by atoms with E-state index in [1.807, 2.05) is 0 Å². The first kappa shape index (κ1) is 14.2. The Labute approximate surface area is 115 Å². The van der Waals surface area contributed by atoms with Gasteiger partial charge in [0.1, 0.15) is 0 Å². The van der Waals surface area contributed by atoms with Gasteiger partial charge in [-0.1, -0.05) is 58.7 Å². The van der Waals surface area contributed by atoms with Crippen LogP contribution in [0.25, 0.3) is 0 Å². The molecule has 1 aromatic rings. The number of hydrogen-bond donors (Lipinski definition) is 1. The molecule has 1 unspecified atom stereocenters. The second kappa shape index (κ2) is 6.77. The molecule has 0 aliphatic carbocycles. The van der Waals surface area contributed by atoms with Gasteiger partial charge in [-0.2, -0.15) is 0 Å². The van der Waals surface area contributed by atoms with Gasteiger partial charge in [-0.25, -0.2) is 0 Å². The predicted molar refractivity (Wildman–Crippen MR) is 77.7 cm³/mol. The largest absolute Gasteiger partial charge is 0.310 e. The fourth-order valence-electron chi connectivity index (χ4n) is 1.82. The van der Waals surface area contributed by atoms with Gasteiger partial charge in [0.25, 0.3) is 0 Å². The summed E-state index contributed by atoms with van der Waals surface area (Å²) in [5, 5.41) is 3.55. The highest BCUT2D eigenvalue weighted by Gasteiger charge is 2.14. The van der Waals surface area contributed by atoms with Gasteiger partial charge in [-0.3, -0.25) is 0 Å². The third-order valence-electron chi connectivity index (χ3n) is 2.50. The summed E-state index contributed by atoms with van der Waals surface area (Å²) in [7, 11) is 0. The lowest BCUT2D eigenvalue weighted by Crippen LogP contribution is -2.22. The van der Waals surface area contributed by atoms with E-state index in [0.717, 1.165) is 17.4 Å². The van der Waals surface area contributed by atoms with Crippen LogP contribution in [0.15, 0.2) is 27.1 Å². The maximum atomic E-state index is 3.64. The monoisotopic (exact) mass is 347 g/mol. The lowest BCUT2D eigenvalue weighted by molar-refractivity contribution is 0.437. The fourth-order valence-corrected chi connectivity index (χ4v) is 3.15. The van der Waals surface area contributed by atoms with E-state index >= 15 is 0 Å². The smallest absolute Gasteiger partial charge is 0.0333 e. The molecule has 1 aromatic carbocycles. The third-order valence-corrected chi connectivity index (χ3v) is 3.68. The van der Waals surface area contributed by atoms with Gasteiger partial charge in [0.15, 0.2) is 0 Å². The van der Waals surface area contributed by atoms with E-state index in [0.29, 0.717) is 12.0 Å². The predicted octanol–water partition coefficient (Wildman–Crippen LogP) is 4.91. The van der Waals surface area contributed by atoms with Gasteiger partial charge >= 0.3 is 0 Å². The van der Waals surface area contributed by atoms with E-state index in [-0.39, 0.29) is 0 Å². The van der Waals surface area contributed by atoms with Crippen LogP contribution in [0.1, 0.15) is 38.8 Å². The van der Waals surface area contributed by atoms with Crippen molar-refractivity contribution in [2.24, 2.45) is 5.92 Å². The summed E-state index contributed by atoms with van der Waals surface area (Å²) in [4.78, 5) is 0. The number of rotatable bonds is 5. The molecule has 0 bridgehead atoms. The van der Waals surface area contributed by atoms with Gasteiger partial charge in [-0.15, -0.1) is 0 Å². The van der Waals surface area contributed by atoms with Gasteiger partial charge in [0, 0.05) is 15.0 Å². The van der Waals surface area contributed by atoms with Crippen molar-refractivity contribution in [3.63, 3.8) is 0 Å². The molecule has 0 aliphatic rings. The highest BCUT2D eigenvalue weighted by molar-refractivity contribution is 9.11. The van der Waals surface area contributed by atoms with Gasteiger partial charge in [0.05, 0.1) is 0 Å². The molecule has 90 valence electrons. The lowest BCUT2D eigenvalue weighted by atomic mass is 9.97. The molecule has 0 amide bonds. The summed E-state index contributed by atoms with van der Waals surface area (Å²) in [6, 6.07) is 6.83. The number of halogens is 2. The number of benzene rings is 1. The molecule has 0 heterocycles. The Morgan fingerprint density at radius 2 is 1.94 bits per heavy atom. The lowest BCUT2D eigenvalue weighted by Gasteiger charge is -2.21. The Morgan fingerprint density at radius 1 is 1.25 bits per heavy atom. The first-order valence-corrected chi connectivity index (χ1v) is 7.31. The van der Waals surface area contributed by atoms with E-state index < -0.39 is 0 Å². The van der Waals surface area contributed by atoms with Crippen molar-refractivity contribution in [1.82, 2.24) is 5.32 Å². The Morgan fingerprint density at radius 3 is 2.44 bits per heavy atom. The average Bonchev–Trinajstić information content (AvgIpc) is 2.16. The maximum Gasteiger partial charge on any atom is 0.0333 e. The summed E-state index contributed by atoms with van der Waals surface area (Å²) < 4.78 is 2.29. The Hall–Kier alpha value is 0.140. The van der Waals surface area contributed by atoms with Gasteiger partial charge in [0.2, 0.25) is 0 Å². The molecule has 0 saturated heterocycles. The van der Waals surface area contributed by atoms with Crippen LogP contribution >= 0.6 is 31.9 Å². The molecule has 0 spiro atoms. The molecular weight excluding hydrogens is 330 g/mol.